The molecular weight excluding hydrogens is 262 g/mol. The molecule has 0 aliphatic heterocycles. The standard InChI is InChI=1S/C11H12ClNO5/c1-7(6-17-2)18-11(14)8-3-4-10(13(15)16)9(12)5-8/h3-5,7H,6H2,1-2H3. The monoisotopic (exact) mass is 273 g/mol. The number of benzene rings is 1. The molecule has 1 aromatic rings. The maximum absolute atomic E-state index is 11.7. The quantitative estimate of drug-likeness (QED) is 0.468. The Morgan fingerprint density at radius 2 is 2.22 bits per heavy atom. The zero-order valence-electron chi connectivity index (χ0n) is 9.88. The van der Waals surface area contributed by atoms with Crippen LogP contribution in [0.4, 0.5) is 5.69 Å². The van der Waals surface area contributed by atoms with Gasteiger partial charge in [0.05, 0.1) is 17.1 Å². The Balaban J connectivity index is 2.81. The van der Waals surface area contributed by atoms with Gasteiger partial charge in [0, 0.05) is 13.2 Å². The van der Waals surface area contributed by atoms with E-state index >= 15 is 0 Å². The molecule has 7 heteroatoms. The van der Waals surface area contributed by atoms with Gasteiger partial charge in [-0.15, -0.1) is 0 Å². The fourth-order valence-corrected chi connectivity index (χ4v) is 1.55. The minimum absolute atomic E-state index is 0.103. The number of ether oxygens (including phenoxy) is 2. The number of carbonyl (C=O) groups excluding carboxylic acids is 1. The number of nitrogens with zero attached hydrogens (tertiary/aromatic N) is 1. The lowest BCUT2D eigenvalue weighted by Crippen LogP contribution is -2.19. The van der Waals surface area contributed by atoms with Gasteiger partial charge in [-0.2, -0.15) is 0 Å². The summed E-state index contributed by atoms with van der Waals surface area (Å²) in [5, 5.41) is 10.5. The molecule has 0 aliphatic rings. The average molecular weight is 274 g/mol. The summed E-state index contributed by atoms with van der Waals surface area (Å²) in [6.07, 6.45) is -0.406. The van der Waals surface area contributed by atoms with Gasteiger partial charge in [0.25, 0.3) is 5.69 Å². The van der Waals surface area contributed by atoms with Crippen LogP contribution in [0.2, 0.25) is 5.02 Å². The molecule has 0 fully saturated rings. The third-order valence-corrected chi connectivity index (χ3v) is 2.39. The molecule has 0 bridgehead atoms. The highest BCUT2D eigenvalue weighted by Gasteiger charge is 2.17. The zero-order chi connectivity index (χ0) is 13.7. The highest BCUT2D eigenvalue weighted by molar-refractivity contribution is 6.33. The first-order valence-electron chi connectivity index (χ1n) is 5.09. The summed E-state index contributed by atoms with van der Waals surface area (Å²) < 4.78 is 9.86. The molecule has 0 aliphatic carbocycles. The summed E-state index contributed by atoms with van der Waals surface area (Å²) in [4.78, 5) is 21.6. The number of carbonyl (C=O) groups is 1. The second kappa shape index (κ2) is 6.32. The number of hydrogen-bond acceptors (Lipinski definition) is 5. The molecule has 0 saturated carbocycles. The van der Waals surface area contributed by atoms with Crippen LogP contribution in [0, 0.1) is 10.1 Å². The van der Waals surface area contributed by atoms with Crippen molar-refractivity contribution in [2.24, 2.45) is 0 Å². The number of nitro benzene ring substituents is 1. The minimum atomic E-state index is -0.620. The van der Waals surface area contributed by atoms with Crippen LogP contribution in [0.25, 0.3) is 0 Å². The normalized spacial score (nSPS) is 11.9. The molecule has 98 valence electrons. The lowest BCUT2D eigenvalue weighted by Gasteiger charge is -2.12. The number of hydrogen-bond donors (Lipinski definition) is 0. The molecule has 1 rings (SSSR count). The molecule has 1 aromatic carbocycles. The Morgan fingerprint density at radius 1 is 1.56 bits per heavy atom. The van der Waals surface area contributed by atoms with Crippen LogP contribution < -0.4 is 0 Å². The number of halogens is 1. The van der Waals surface area contributed by atoms with E-state index in [0.717, 1.165) is 0 Å². The summed E-state index contributed by atoms with van der Waals surface area (Å²) in [6.45, 7) is 1.95. The predicted octanol–water partition coefficient (Wildman–Crippen LogP) is 2.44. The van der Waals surface area contributed by atoms with Gasteiger partial charge in [0.1, 0.15) is 11.1 Å². The molecule has 1 atom stereocenters. The van der Waals surface area contributed by atoms with E-state index in [9.17, 15) is 14.9 Å². The van der Waals surface area contributed by atoms with E-state index in [2.05, 4.69) is 0 Å². The summed E-state index contributed by atoms with van der Waals surface area (Å²) >= 11 is 5.69. The largest absolute Gasteiger partial charge is 0.457 e. The van der Waals surface area contributed by atoms with Crippen LogP contribution in [0.5, 0.6) is 0 Å². The van der Waals surface area contributed by atoms with Crippen molar-refractivity contribution >= 4 is 23.3 Å². The first-order chi connectivity index (χ1) is 8.45. The van der Waals surface area contributed by atoms with Crippen LogP contribution in [0.15, 0.2) is 18.2 Å². The maximum atomic E-state index is 11.7. The predicted molar refractivity (Wildman–Crippen MR) is 64.9 cm³/mol. The van der Waals surface area contributed by atoms with Gasteiger partial charge in [0.15, 0.2) is 0 Å². The summed E-state index contributed by atoms with van der Waals surface area (Å²) in [5.41, 5.74) is -0.0910. The Kier molecular flexibility index (Phi) is 5.06. The van der Waals surface area contributed by atoms with Crippen molar-refractivity contribution in [1.29, 1.82) is 0 Å². The fourth-order valence-electron chi connectivity index (χ4n) is 1.30. The van der Waals surface area contributed by atoms with Crippen molar-refractivity contribution in [1.82, 2.24) is 0 Å². The lowest BCUT2D eigenvalue weighted by atomic mass is 10.2. The van der Waals surface area contributed by atoms with Crippen LogP contribution >= 0.6 is 11.6 Å². The zero-order valence-corrected chi connectivity index (χ0v) is 10.6. The maximum Gasteiger partial charge on any atom is 0.338 e. The van der Waals surface area contributed by atoms with E-state index in [0.29, 0.717) is 0 Å². The van der Waals surface area contributed by atoms with Gasteiger partial charge >= 0.3 is 5.97 Å². The molecule has 0 amide bonds. The van der Waals surface area contributed by atoms with E-state index in [1.807, 2.05) is 0 Å². The fraction of sp³-hybridized carbons (Fsp3) is 0.364. The van der Waals surface area contributed by atoms with Crippen LogP contribution in [0.1, 0.15) is 17.3 Å². The summed E-state index contributed by atoms with van der Waals surface area (Å²) in [7, 11) is 1.49. The highest BCUT2D eigenvalue weighted by atomic mass is 35.5. The topological polar surface area (TPSA) is 78.7 Å². The van der Waals surface area contributed by atoms with Crippen molar-refractivity contribution in [2.75, 3.05) is 13.7 Å². The van der Waals surface area contributed by atoms with Gasteiger partial charge in [-0.3, -0.25) is 10.1 Å². The van der Waals surface area contributed by atoms with Crippen LogP contribution in [-0.4, -0.2) is 30.7 Å². The molecular formula is C11H12ClNO5. The van der Waals surface area contributed by atoms with Gasteiger partial charge in [0.2, 0.25) is 0 Å². The van der Waals surface area contributed by atoms with E-state index in [1.54, 1.807) is 6.92 Å². The smallest absolute Gasteiger partial charge is 0.338 e. The Morgan fingerprint density at radius 3 is 2.72 bits per heavy atom. The molecule has 0 radical (unpaired) electrons. The Labute approximate surface area is 109 Å². The first kappa shape index (κ1) is 14.4. The van der Waals surface area contributed by atoms with Crippen LogP contribution in [0.3, 0.4) is 0 Å². The van der Waals surface area contributed by atoms with Crippen LogP contribution in [-0.2, 0) is 9.47 Å². The second-order valence-corrected chi connectivity index (χ2v) is 4.00. The summed E-state index contributed by atoms with van der Waals surface area (Å²) in [5.74, 6) is -0.601. The molecule has 0 spiro atoms. The molecule has 0 N–H and O–H groups in total. The van der Waals surface area contributed by atoms with Crippen molar-refractivity contribution in [3.63, 3.8) is 0 Å². The van der Waals surface area contributed by atoms with Gasteiger partial charge in [-0.05, 0) is 19.1 Å². The Bertz CT molecular complexity index is 463. The van der Waals surface area contributed by atoms with E-state index in [4.69, 9.17) is 21.1 Å². The van der Waals surface area contributed by atoms with Crippen molar-refractivity contribution in [3.8, 4) is 0 Å². The molecule has 6 nitrogen and oxygen atoms in total. The number of methoxy groups -OCH3 is 1. The van der Waals surface area contributed by atoms with E-state index < -0.39 is 17.0 Å². The summed E-state index contributed by atoms with van der Waals surface area (Å²) in [6, 6.07) is 3.67. The first-order valence-corrected chi connectivity index (χ1v) is 5.47. The third-order valence-electron chi connectivity index (χ3n) is 2.09. The molecule has 18 heavy (non-hydrogen) atoms. The third kappa shape index (κ3) is 3.68. The number of rotatable bonds is 5. The van der Waals surface area contributed by atoms with Crippen molar-refractivity contribution in [3.05, 3.63) is 38.9 Å². The van der Waals surface area contributed by atoms with Crippen molar-refractivity contribution < 1.29 is 19.2 Å². The average Bonchev–Trinajstić information content (AvgIpc) is 2.28. The van der Waals surface area contributed by atoms with Gasteiger partial charge < -0.3 is 9.47 Å². The van der Waals surface area contributed by atoms with Gasteiger partial charge in [-0.1, -0.05) is 11.6 Å². The van der Waals surface area contributed by atoms with E-state index in [-0.39, 0.29) is 22.9 Å². The molecule has 0 aromatic heterocycles. The molecule has 1 unspecified atom stereocenters. The lowest BCUT2D eigenvalue weighted by molar-refractivity contribution is -0.384. The SMILES string of the molecule is COCC(C)OC(=O)c1ccc([N+](=O)[O-])c(Cl)c1. The molecule has 0 saturated heterocycles. The Hall–Kier alpha value is -1.66. The minimum Gasteiger partial charge on any atom is -0.457 e. The van der Waals surface area contributed by atoms with E-state index in [1.165, 1.54) is 25.3 Å². The van der Waals surface area contributed by atoms with Gasteiger partial charge in [-0.25, -0.2) is 4.79 Å². The number of nitro groups is 1. The second-order valence-electron chi connectivity index (χ2n) is 3.59. The number of esters is 1. The molecule has 0 heterocycles. The van der Waals surface area contributed by atoms with Crippen molar-refractivity contribution in [2.45, 2.75) is 13.0 Å². The highest BCUT2D eigenvalue weighted by Crippen LogP contribution is 2.25.